The Balaban J connectivity index is 4.28. The van der Waals surface area contributed by atoms with Gasteiger partial charge in [-0.25, -0.2) is 13.2 Å². The van der Waals surface area contributed by atoms with E-state index in [0.717, 1.165) is 6.26 Å². The van der Waals surface area contributed by atoms with E-state index in [-0.39, 0.29) is 12.3 Å². The van der Waals surface area contributed by atoms with Gasteiger partial charge in [-0.2, -0.15) is 0 Å². The summed E-state index contributed by atoms with van der Waals surface area (Å²) in [6.45, 7) is 3.13. The highest BCUT2D eigenvalue weighted by molar-refractivity contribution is 7.90. The highest BCUT2D eigenvalue weighted by atomic mass is 32.2. The van der Waals surface area contributed by atoms with Gasteiger partial charge >= 0.3 is 12.0 Å². The van der Waals surface area contributed by atoms with Crippen molar-refractivity contribution in [2.24, 2.45) is 5.92 Å². The van der Waals surface area contributed by atoms with Crippen molar-refractivity contribution in [1.29, 1.82) is 0 Å². The molecule has 2 unspecified atom stereocenters. The van der Waals surface area contributed by atoms with Crippen molar-refractivity contribution in [2.75, 3.05) is 25.6 Å². The number of carbonyl (C=O) groups is 2. The number of carboxylic acids is 1. The molecule has 0 aromatic heterocycles. The van der Waals surface area contributed by atoms with E-state index in [2.05, 4.69) is 5.32 Å². The minimum absolute atomic E-state index is 0.0623. The van der Waals surface area contributed by atoms with Crippen LogP contribution in [0.4, 0.5) is 4.79 Å². The van der Waals surface area contributed by atoms with Gasteiger partial charge in [-0.3, -0.25) is 4.79 Å². The van der Waals surface area contributed by atoms with Crippen molar-refractivity contribution in [3.05, 3.63) is 0 Å². The smallest absolute Gasteiger partial charge is 0.317 e. The predicted molar refractivity (Wildman–Crippen MR) is 67.1 cm³/mol. The molecule has 0 spiro atoms. The first-order chi connectivity index (χ1) is 8.03. The van der Waals surface area contributed by atoms with E-state index in [0.29, 0.717) is 0 Å². The third-order valence-corrected chi connectivity index (χ3v) is 3.34. The first-order valence-electron chi connectivity index (χ1n) is 5.45. The fraction of sp³-hybridized carbons (Fsp3) is 0.800. The summed E-state index contributed by atoms with van der Waals surface area (Å²) in [5.74, 6) is -1.81. The summed E-state index contributed by atoms with van der Waals surface area (Å²) in [5, 5.41) is 11.2. The standard InChI is InChI=1S/C10H20N2O5S/c1-7(9(13)14)5-12(3)10(15)11-8(2)6-18(4,16)17/h7-8H,5-6H2,1-4H3,(H,11,15)(H,13,14). The Morgan fingerprint density at radius 2 is 1.83 bits per heavy atom. The van der Waals surface area contributed by atoms with Crippen LogP contribution in [-0.2, 0) is 14.6 Å². The van der Waals surface area contributed by atoms with Crippen molar-refractivity contribution in [2.45, 2.75) is 19.9 Å². The number of carboxylic acid groups (broad SMARTS) is 1. The van der Waals surface area contributed by atoms with Crippen LogP contribution in [0, 0.1) is 5.92 Å². The first kappa shape index (κ1) is 16.7. The van der Waals surface area contributed by atoms with Crippen molar-refractivity contribution in [1.82, 2.24) is 10.2 Å². The van der Waals surface area contributed by atoms with E-state index in [1.54, 1.807) is 6.92 Å². The van der Waals surface area contributed by atoms with Crippen LogP contribution in [0.25, 0.3) is 0 Å². The van der Waals surface area contributed by atoms with Gasteiger partial charge in [0.15, 0.2) is 0 Å². The lowest BCUT2D eigenvalue weighted by atomic mass is 10.2. The zero-order valence-corrected chi connectivity index (χ0v) is 11.8. The molecule has 106 valence electrons. The van der Waals surface area contributed by atoms with Gasteiger partial charge in [0.05, 0.1) is 11.7 Å². The second-order valence-corrected chi connectivity index (χ2v) is 6.75. The molecule has 0 radical (unpaired) electrons. The molecule has 8 heteroatoms. The molecule has 0 aromatic rings. The number of amides is 2. The Morgan fingerprint density at radius 1 is 1.33 bits per heavy atom. The predicted octanol–water partition coefficient (Wildman–Crippen LogP) is -0.218. The zero-order valence-electron chi connectivity index (χ0n) is 11.0. The lowest BCUT2D eigenvalue weighted by Gasteiger charge is -2.22. The van der Waals surface area contributed by atoms with Gasteiger partial charge in [-0.15, -0.1) is 0 Å². The van der Waals surface area contributed by atoms with Crippen LogP contribution in [0.1, 0.15) is 13.8 Å². The third-order valence-electron chi connectivity index (χ3n) is 2.24. The molecule has 2 N–H and O–H groups in total. The number of urea groups is 1. The van der Waals surface area contributed by atoms with Crippen LogP contribution in [0.15, 0.2) is 0 Å². The van der Waals surface area contributed by atoms with E-state index in [1.165, 1.54) is 18.9 Å². The lowest BCUT2D eigenvalue weighted by Crippen LogP contribution is -2.46. The molecule has 0 aliphatic carbocycles. The first-order valence-corrected chi connectivity index (χ1v) is 7.51. The van der Waals surface area contributed by atoms with Crippen molar-refractivity contribution in [3.8, 4) is 0 Å². The van der Waals surface area contributed by atoms with Crippen LogP contribution in [0.5, 0.6) is 0 Å². The largest absolute Gasteiger partial charge is 0.481 e. The monoisotopic (exact) mass is 280 g/mol. The van der Waals surface area contributed by atoms with Gasteiger partial charge in [0.1, 0.15) is 9.84 Å². The summed E-state index contributed by atoms with van der Waals surface area (Å²) in [4.78, 5) is 23.5. The summed E-state index contributed by atoms with van der Waals surface area (Å²) in [6, 6.07) is -1.01. The molecule has 0 aliphatic heterocycles. The number of hydrogen-bond acceptors (Lipinski definition) is 4. The quantitative estimate of drug-likeness (QED) is 0.700. The molecule has 0 heterocycles. The van der Waals surface area contributed by atoms with E-state index < -0.39 is 33.8 Å². The topological polar surface area (TPSA) is 104 Å². The third kappa shape index (κ3) is 7.10. The molecule has 0 aromatic carbocycles. The van der Waals surface area contributed by atoms with Gasteiger partial charge in [0, 0.05) is 25.9 Å². The maximum Gasteiger partial charge on any atom is 0.317 e. The van der Waals surface area contributed by atoms with Crippen LogP contribution >= 0.6 is 0 Å². The molecule has 7 nitrogen and oxygen atoms in total. The maximum atomic E-state index is 11.6. The van der Waals surface area contributed by atoms with Crippen molar-refractivity contribution >= 4 is 21.8 Å². The van der Waals surface area contributed by atoms with E-state index in [9.17, 15) is 18.0 Å². The summed E-state index contributed by atoms with van der Waals surface area (Å²) in [7, 11) is -1.70. The Bertz CT molecular complexity index is 406. The van der Waals surface area contributed by atoms with Gasteiger partial charge in [0.25, 0.3) is 0 Å². The number of hydrogen-bond donors (Lipinski definition) is 2. The molecule has 0 aliphatic rings. The second-order valence-electron chi connectivity index (χ2n) is 4.56. The highest BCUT2D eigenvalue weighted by Crippen LogP contribution is 1.99. The minimum Gasteiger partial charge on any atom is -0.481 e. The van der Waals surface area contributed by atoms with Gasteiger partial charge in [-0.05, 0) is 6.92 Å². The van der Waals surface area contributed by atoms with E-state index in [4.69, 9.17) is 5.11 Å². The number of nitrogens with one attached hydrogen (secondary N) is 1. The van der Waals surface area contributed by atoms with Gasteiger partial charge in [0.2, 0.25) is 0 Å². The highest BCUT2D eigenvalue weighted by Gasteiger charge is 2.19. The summed E-state index contributed by atoms with van der Waals surface area (Å²) in [6.07, 6.45) is 1.09. The van der Waals surface area contributed by atoms with E-state index in [1.807, 2.05) is 0 Å². The molecular formula is C10H20N2O5S. The molecule has 2 atom stereocenters. The molecule has 18 heavy (non-hydrogen) atoms. The second kappa shape index (κ2) is 6.58. The van der Waals surface area contributed by atoms with Crippen LogP contribution in [0.2, 0.25) is 0 Å². The fourth-order valence-corrected chi connectivity index (χ4v) is 2.38. The number of aliphatic carboxylic acids is 1. The fourth-order valence-electron chi connectivity index (χ4n) is 1.39. The molecule has 0 rings (SSSR count). The lowest BCUT2D eigenvalue weighted by molar-refractivity contribution is -0.141. The molecule has 0 fully saturated rings. The Hall–Kier alpha value is -1.31. The Kier molecular flexibility index (Phi) is 6.10. The molecule has 0 saturated heterocycles. The normalized spacial score (nSPS) is 14.7. The van der Waals surface area contributed by atoms with Gasteiger partial charge < -0.3 is 15.3 Å². The van der Waals surface area contributed by atoms with Crippen molar-refractivity contribution < 1.29 is 23.1 Å². The van der Waals surface area contributed by atoms with Crippen LogP contribution < -0.4 is 5.32 Å². The van der Waals surface area contributed by atoms with Crippen LogP contribution in [0.3, 0.4) is 0 Å². The molecule has 0 bridgehead atoms. The maximum absolute atomic E-state index is 11.6. The average Bonchev–Trinajstić information content (AvgIpc) is 2.13. The Morgan fingerprint density at radius 3 is 2.22 bits per heavy atom. The number of nitrogens with zero attached hydrogens (tertiary/aromatic N) is 1. The van der Waals surface area contributed by atoms with Crippen molar-refractivity contribution in [3.63, 3.8) is 0 Å². The Labute approximate surface area is 107 Å². The molecule has 2 amide bonds. The summed E-state index contributed by atoms with van der Waals surface area (Å²) >= 11 is 0. The number of sulfone groups is 1. The van der Waals surface area contributed by atoms with Crippen LogP contribution in [-0.4, -0.2) is 62.1 Å². The average molecular weight is 280 g/mol. The van der Waals surface area contributed by atoms with E-state index >= 15 is 0 Å². The summed E-state index contributed by atoms with van der Waals surface area (Å²) < 4.78 is 22.0. The number of rotatable bonds is 6. The molecular weight excluding hydrogens is 260 g/mol. The van der Waals surface area contributed by atoms with Gasteiger partial charge in [-0.1, -0.05) is 6.92 Å². The summed E-state index contributed by atoms with van der Waals surface area (Å²) in [5.41, 5.74) is 0. The minimum atomic E-state index is -3.16. The number of carbonyl (C=O) groups excluding carboxylic acids is 1. The zero-order chi connectivity index (χ0) is 14.5. The molecule has 0 saturated carbocycles. The SMILES string of the molecule is CC(CS(C)(=O)=O)NC(=O)N(C)CC(C)C(=O)O.